The fraction of sp³-hybridized carbons (Fsp3) is 0.200. The molecule has 1 aliphatic heterocycles. The zero-order valence-corrected chi connectivity index (χ0v) is 14.9. The van der Waals surface area contributed by atoms with Crippen LogP contribution in [-0.4, -0.2) is 36.2 Å². The lowest BCUT2D eigenvalue weighted by molar-refractivity contribution is -0.118. The highest BCUT2D eigenvalue weighted by molar-refractivity contribution is 6.52. The Kier molecular flexibility index (Phi) is 5.03. The van der Waals surface area contributed by atoms with Crippen LogP contribution < -0.4 is 10.2 Å². The third kappa shape index (κ3) is 3.87. The highest BCUT2D eigenvalue weighted by Gasteiger charge is 2.36. The number of ketones is 1. The Hall–Kier alpha value is -3.48. The molecule has 2 aromatic rings. The topological polar surface area (TPSA) is 92.8 Å². The molecule has 2 amide bonds. The lowest BCUT2D eigenvalue weighted by Gasteiger charge is -2.16. The number of hydrogen-bond acceptors (Lipinski definition) is 5. The maximum absolute atomic E-state index is 12.4. The van der Waals surface area contributed by atoms with E-state index >= 15 is 0 Å². The first kappa shape index (κ1) is 18.3. The van der Waals surface area contributed by atoms with Crippen molar-refractivity contribution in [3.05, 3.63) is 59.7 Å². The number of para-hydroxylation sites is 1. The van der Waals surface area contributed by atoms with Crippen LogP contribution in [-0.2, 0) is 14.3 Å². The molecule has 0 saturated carbocycles. The van der Waals surface area contributed by atoms with Gasteiger partial charge in [-0.15, -0.1) is 0 Å². The summed E-state index contributed by atoms with van der Waals surface area (Å²) in [4.78, 5) is 49.6. The van der Waals surface area contributed by atoms with Crippen LogP contribution in [0.15, 0.2) is 48.5 Å². The van der Waals surface area contributed by atoms with E-state index in [0.717, 1.165) is 4.90 Å². The molecule has 1 N–H and O–H groups in total. The number of fused-ring (bicyclic) bond motifs is 1. The summed E-state index contributed by atoms with van der Waals surface area (Å²) in [6, 6.07) is 12.8. The monoisotopic (exact) mass is 366 g/mol. The molecule has 0 fully saturated rings. The molecular weight excluding hydrogens is 348 g/mol. The molecule has 0 saturated heterocycles. The van der Waals surface area contributed by atoms with Crippen LogP contribution in [0.25, 0.3) is 0 Å². The molecule has 138 valence electrons. The Bertz CT molecular complexity index is 935. The van der Waals surface area contributed by atoms with E-state index in [2.05, 4.69) is 5.32 Å². The summed E-state index contributed by atoms with van der Waals surface area (Å²) in [5, 5.41) is 2.63. The number of carbonyl (C=O) groups excluding carboxylic acids is 4. The first-order valence-corrected chi connectivity index (χ1v) is 8.43. The van der Waals surface area contributed by atoms with Gasteiger partial charge < -0.3 is 10.1 Å². The van der Waals surface area contributed by atoms with Crippen LogP contribution in [0.5, 0.6) is 0 Å². The number of carbonyl (C=O) groups is 4. The summed E-state index contributed by atoms with van der Waals surface area (Å²) in [5.41, 5.74) is 1.40. The summed E-state index contributed by atoms with van der Waals surface area (Å²) in [6.07, 6.45) is -0.255. The largest absolute Gasteiger partial charge is 0.459 e. The van der Waals surface area contributed by atoms with E-state index < -0.39 is 23.6 Å². The highest BCUT2D eigenvalue weighted by Crippen LogP contribution is 2.28. The Balaban J connectivity index is 1.71. The number of Topliss-reactive ketones (excluding diaryl/α,β-unsaturated/α-hetero) is 1. The average molecular weight is 366 g/mol. The standard InChI is InChI=1S/C20H18N2O5/c1-12(2)27-20(26)13-6-5-7-14(10-13)21-17(23)11-22-16-9-4-3-8-15(16)18(24)19(22)25/h3-10,12H,11H2,1-2H3,(H,21,23). The number of anilines is 2. The van der Waals surface area contributed by atoms with Crippen molar-refractivity contribution in [1.29, 1.82) is 0 Å². The van der Waals surface area contributed by atoms with E-state index in [0.29, 0.717) is 16.9 Å². The number of nitrogens with one attached hydrogen (secondary N) is 1. The third-order valence-corrected chi connectivity index (χ3v) is 3.91. The van der Waals surface area contributed by atoms with Gasteiger partial charge >= 0.3 is 5.97 Å². The maximum atomic E-state index is 12.4. The number of rotatable bonds is 5. The molecule has 0 unspecified atom stereocenters. The SMILES string of the molecule is CC(C)OC(=O)c1cccc(NC(=O)CN2C(=O)C(=O)c3ccccc32)c1. The maximum Gasteiger partial charge on any atom is 0.338 e. The molecule has 0 radical (unpaired) electrons. The number of ether oxygens (including phenoxy) is 1. The Labute approximate surface area is 155 Å². The molecule has 0 aliphatic carbocycles. The van der Waals surface area contributed by atoms with Gasteiger partial charge in [0.1, 0.15) is 6.54 Å². The van der Waals surface area contributed by atoms with Gasteiger partial charge in [0.2, 0.25) is 5.91 Å². The van der Waals surface area contributed by atoms with E-state index in [9.17, 15) is 19.2 Å². The van der Waals surface area contributed by atoms with Gasteiger partial charge in [-0.25, -0.2) is 4.79 Å². The van der Waals surface area contributed by atoms with Crippen LogP contribution in [0.2, 0.25) is 0 Å². The van der Waals surface area contributed by atoms with E-state index in [4.69, 9.17) is 4.74 Å². The van der Waals surface area contributed by atoms with Gasteiger partial charge in [-0.05, 0) is 44.2 Å². The van der Waals surface area contributed by atoms with Crippen molar-refractivity contribution in [3.63, 3.8) is 0 Å². The predicted octanol–water partition coefficient (Wildman–Crippen LogP) is 2.42. The first-order chi connectivity index (χ1) is 12.9. The zero-order valence-electron chi connectivity index (χ0n) is 14.9. The summed E-state index contributed by atoms with van der Waals surface area (Å²) < 4.78 is 5.13. The molecule has 3 rings (SSSR count). The number of esters is 1. The molecule has 7 nitrogen and oxygen atoms in total. The number of nitrogens with zero attached hydrogens (tertiary/aromatic N) is 1. The van der Waals surface area contributed by atoms with Crippen molar-refractivity contribution in [1.82, 2.24) is 0 Å². The van der Waals surface area contributed by atoms with Gasteiger partial charge in [-0.3, -0.25) is 19.3 Å². The third-order valence-electron chi connectivity index (χ3n) is 3.91. The molecule has 27 heavy (non-hydrogen) atoms. The minimum atomic E-state index is -0.736. The van der Waals surface area contributed by atoms with Crippen molar-refractivity contribution < 1.29 is 23.9 Å². The molecule has 2 aromatic carbocycles. The molecule has 0 spiro atoms. The zero-order chi connectivity index (χ0) is 19.6. The molecule has 7 heteroatoms. The fourth-order valence-electron chi connectivity index (χ4n) is 2.76. The Morgan fingerprint density at radius 3 is 2.56 bits per heavy atom. The molecule has 1 aliphatic rings. The van der Waals surface area contributed by atoms with E-state index in [1.165, 1.54) is 6.07 Å². The fourth-order valence-corrected chi connectivity index (χ4v) is 2.76. The normalized spacial score (nSPS) is 12.9. The lowest BCUT2D eigenvalue weighted by atomic mass is 10.1. The molecule has 1 heterocycles. The van der Waals surface area contributed by atoms with Crippen LogP contribution in [0.1, 0.15) is 34.6 Å². The predicted molar refractivity (Wildman–Crippen MR) is 98.7 cm³/mol. The van der Waals surface area contributed by atoms with Gasteiger partial charge in [0.05, 0.1) is 22.9 Å². The molecular formula is C20H18N2O5. The van der Waals surface area contributed by atoms with Crippen molar-refractivity contribution in [3.8, 4) is 0 Å². The smallest absolute Gasteiger partial charge is 0.338 e. The van der Waals surface area contributed by atoms with Gasteiger partial charge in [0.15, 0.2) is 0 Å². The van der Waals surface area contributed by atoms with Crippen molar-refractivity contribution >= 4 is 34.9 Å². The summed E-state index contributed by atoms with van der Waals surface area (Å²) in [6.45, 7) is 3.19. The second-order valence-electron chi connectivity index (χ2n) is 6.32. The second kappa shape index (κ2) is 7.41. The van der Waals surface area contributed by atoms with Crippen LogP contribution in [0, 0.1) is 0 Å². The van der Waals surface area contributed by atoms with Gasteiger partial charge in [0, 0.05) is 5.69 Å². The van der Waals surface area contributed by atoms with E-state index in [1.807, 2.05) is 0 Å². The average Bonchev–Trinajstić information content (AvgIpc) is 2.87. The lowest BCUT2D eigenvalue weighted by Crippen LogP contribution is -2.37. The van der Waals surface area contributed by atoms with Crippen molar-refractivity contribution in [2.45, 2.75) is 20.0 Å². The molecule has 0 bridgehead atoms. The summed E-state index contributed by atoms with van der Waals surface area (Å²) in [7, 11) is 0. The van der Waals surface area contributed by atoms with Crippen molar-refractivity contribution in [2.24, 2.45) is 0 Å². The number of amides is 2. The highest BCUT2D eigenvalue weighted by atomic mass is 16.5. The van der Waals surface area contributed by atoms with Crippen LogP contribution in [0.3, 0.4) is 0 Å². The van der Waals surface area contributed by atoms with Gasteiger partial charge in [-0.2, -0.15) is 0 Å². The summed E-state index contributed by atoms with van der Waals surface area (Å²) in [5.74, 6) is -2.34. The quantitative estimate of drug-likeness (QED) is 0.648. The minimum absolute atomic E-state index is 0.255. The molecule has 0 atom stereocenters. The second-order valence-corrected chi connectivity index (χ2v) is 6.32. The van der Waals surface area contributed by atoms with Crippen LogP contribution in [0.4, 0.5) is 11.4 Å². The van der Waals surface area contributed by atoms with Gasteiger partial charge in [-0.1, -0.05) is 18.2 Å². The minimum Gasteiger partial charge on any atom is -0.459 e. The molecule has 0 aromatic heterocycles. The summed E-state index contributed by atoms with van der Waals surface area (Å²) >= 11 is 0. The Morgan fingerprint density at radius 1 is 1.07 bits per heavy atom. The Morgan fingerprint density at radius 2 is 1.81 bits per heavy atom. The van der Waals surface area contributed by atoms with Crippen molar-refractivity contribution in [2.75, 3.05) is 16.8 Å². The van der Waals surface area contributed by atoms with E-state index in [1.54, 1.807) is 56.3 Å². The number of benzene rings is 2. The van der Waals surface area contributed by atoms with E-state index in [-0.39, 0.29) is 18.2 Å². The van der Waals surface area contributed by atoms with Gasteiger partial charge in [0.25, 0.3) is 11.7 Å². The first-order valence-electron chi connectivity index (χ1n) is 8.43. The number of hydrogen-bond donors (Lipinski definition) is 1. The van der Waals surface area contributed by atoms with Crippen LogP contribution >= 0.6 is 0 Å².